The lowest BCUT2D eigenvalue weighted by Crippen LogP contribution is -2.10. The van der Waals surface area contributed by atoms with E-state index in [0.717, 1.165) is 6.20 Å². The van der Waals surface area contributed by atoms with Crippen LogP contribution in [-0.2, 0) is 13.2 Å². The number of halogens is 4. The van der Waals surface area contributed by atoms with Crippen molar-refractivity contribution in [3.05, 3.63) is 36.5 Å². The Bertz CT molecular complexity index is 876. The molecule has 0 aliphatic carbocycles. The molecule has 0 bridgehead atoms. The van der Waals surface area contributed by atoms with E-state index >= 15 is 0 Å². The number of fused-ring (bicyclic) bond motifs is 1. The van der Waals surface area contributed by atoms with E-state index in [4.69, 9.17) is 4.74 Å². The third-order valence-corrected chi connectivity index (χ3v) is 3.42. The van der Waals surface area contributed by atoms with Crippen LogP contribution in [0.3, 0.4) is 0 Å². The Balaban J connectivity index is 2.32. The Kier molecular flexibility index (Phi) is 4.08. The summed E-state index contributed by atoms with van der Waals surface area (Å²) in [7, 11) is 1.63. The second kappa shape index (κ2) is 6.06. The predicted octanol–water partition coefficient (Wildman–Crippen LogP) is 3.40. The fraction of sp³-hybridized carbons (Fsp3) is 0.267. The van der Waals surface area contributed by atoms with Gasteiger partial charge in [-0.05, 0) is 6.07 Å². The number of imidazole rings is 1. The number of hydrogen-bond acceptors (Lipinski definition) is 4. The molecule has 0 radical (unpaired) electrons. The highest BCUT2D eigenvalue weighted by molar-refractivity contribution is 5.93. The number of aromatic nitrogens is 4. The zero-order chi connectivity index (χ0) is 17.3. The summed E-state index contributed by atoms with van der Waals surface area (Å²) in [6.07, 6.45) is 0.103. The first-order chi connectivity index (χ1) is 11.4. The van der Waals surface area contributed by atoms with Gasteiger partial charge in [-0.15, -0.1) is 0 Å². The van der Waals surface area contributed by atoms with Crippen LogP contribution in [0.15, 0.2) is 31.0 Å². The fourth-order valence-electron chi connectivity index (χ4n) is 2.41. The number of alkyl halides is 4. The average Bonchev–Trinajstić information content (AvgIpc) is 2.93. The highest BCUT2D eigenvalue weighted by Gasteiger charge is 2.36. The molecule has 0 amide bonds. The average molecular weight is 340 g/mol. The normalized spacial score (nSPS) is 11.9. The molecular weight excluding hydrogens is 328 g/mol. The van der Waals surface area contributed by atoms with Crippen LogP contribution in [0.1, 0.15) is 5.56 Å². The van der Waals surface area contributed by atoms with Crippen LogP contribution in [0.5, 0.6) is 5.75 Å². The van der Waals surface area contributed by atoms with Gasteiger partial charge in [0.2, 0.25) is 0 Å². The Hall–Kier alpha value is -2.71. The SMILES string of the molecule is Cn1cnc2c(-c3ccncc3OCCF)c(C(F)(F)F)cnc21. The smallest absolute Gasteiger partial charge is 0.418 e. The van der Waals surface area contributed by atoms with Gasteiger partial charge in [0.1, 0.15) is 24.5 Å². The molecule has 0 N–H and O–H groups in total. The van der Waals surface area contributed by atoms with E-state index < -0.39 is 18.4 Å². The van der Waals surface area contributed by atoms with Crippen molar-refractivity contribution in [3.8, 4) is 16.9 Å². The van der Waals surface area contributed by atoms with Gasteiger partial charge in [0, 0.05) is 30.6 Å². The second-order valence-corrected chi connectivity index (χ2v) is 4.98. The van der Waals surface area contributed by atoms with Gasteiger partial charge in [-0.25, -0.2) is 14.4 Å². The zero-order valence-electron chi connectivity index (χ0n) is 12.5. The number of ether oxygens (including phenoxy) is 1. The maximum absolute atomic E-state index is 13.5. The van der Waals surface area contributed by atoms with Crippen LogP contribution >= 0.6 is 0 Å². The molecule has 0 saturated heterocycles. The van der Waals surface area contributed by atoms with Gasteiger partial charge in [0.05, 0.1) is 18.1 Å². The van der Waals surface area contributed by atoms with Gasteiger partial charge in [-0.1, -0.05) is 0 Å². The Morgan fingerprint density at radius 1 is 1.21 bits per heavy atom. The quantitative estimate of drug-likeness (QED) is 0.683. The van der Waals surface area contributed by atoms with E-state index in [2.05, 4.69) is 15.0 Å². The minimum atomic E-state index is -4.63. The van der Waals surface area contributed by atoms with Crippen molar-refractivity contribution in [1.82, 2.24) is 19.5 Å². The summed E-state index contributed by atoms with van der Waals surface area (Å²) in [4.78, 5) is 11.7. The van der Waals surface area contributed by atoms with Crippen molar-refractivity contribution in [1.29, 1.82) is 0 Å². The van der Waals surface area contributed by atoms with Crippen LogP contribution in [0.4, 0.5) is 17.6 Å². The lowest BCUT2D eigenvalue weighted by atomic mass is 10.00. The molecule has 3 aromatic heterocycles. The number of nitrogens with zero attached hydrogens (tertiary/aromatic N) is 4. The van der Waals surface area contributed by atoms with Crippen molar-refractivity contribution in [2.75, 3.05) is 13.3 Å². The van der Waals surface area contributed by atoms with E-state index in [1.54, 1.807) is 7.05 Å². The summed E-state index contributed by atoms with van der Waals surface area (Å²) >= 11 is 0. The van der Waals surface area contributed by atoms with Crippen LogP contribution in [-0.4, -0.2) is 32.8 Å². The summed E-state index contributed by atoms with van der Waals surface area (Å²) in [5.74, 6) is 0.0544. The van der Waals surface area contributed by atoms with Gasteiger partial charge in [-0.2, -0.15) is 13.2 Å². The van der Waals surface area contributed by atoms with Gasteiger partial charge in [-0.3, -0.25) is 4.98 Å². The molecule has 0 unspecified atom stereocenters. The van der Waals surface area contributed by atoms with E-state index in [-0.39, 0.29) is 29.0 Å². The minimum Gasteiger partial charge on any atom is -0.489 e. The molecular formula is C15H12F4N4O. The van der Waals surface area contributed by atoms with E-state index in [0.29, 0.717) is 5.65 Å². The summed E-state index contributed by atoms with van der Waals surface area (Å²) in [6, 6.07) is 1.38. The standard InChI is InChI=1S/C15H12F4N4O/c1-23-8-22-13-12(10(15(17,18)19)6-21-14(13)23)9-2-4-20-7-11(9)24-5-3-16/h2,4,6-8H,3,5H2,1H3. The fourth-order valence-corrected chi connectivity index (χ4v) is 2.41. The molecule has 24 heavy (non-hydrogen) atoms. The van der Waals surface area contributed by atoms with Crippen LogP contribution in [0.25, 0.3) is 22.3 Å². The largest absolute Gasteiger partial charge is 0.489 e. The highest BCUT2D eigenvalue weighted by Crippen LogP contribution is 2.42. The molecule has 3 rings (SSSR count). The first-order valence-electron chi connectivity index (χ1n) is 6.94. The molecule has 3 heterocycles. The first kappa shape index (κ1) is 16.2. The van der Waals surface area contributed by atoms with Gasteiger partial charge in [0.25, 0.3) is 0 Å². The summed E-state index contributed by atoms with van der Waals surface area (Å²) in [6.45, 7) is -1.05. The van der Waals surface area contributed by atoms with Crippen molar-refractivity contribution in [3.63, 3.8) is 0 Å². The molecule has 0 fully saturated rings. The summed E-state index contributed by atoms with van der Waals surface area (Å²) < 4.78 is 59.5. The van der Waals surface area contributed by atoms with Gasteiger partial charge in [0.15, 0.2) is 5.65 Å². The Morgan fingerprint density at radius 3 is 2.71 bits per heavy atom. The number of rotatable bonds is 4. The third-order valence-electron chi connectivity index (χ3n) is 3.42. The minimum absolute atomic E-state index is 0.0544. The van der Waals surface area contributed by atoms with E-state index in [9.17, 15) is 17.6 Å². The van der Waals surface area contributed by atoms with Crippen LogP contribution in [0, 0.1) is 0 Å². The van der Waals surface area contributed by atoms with Crippen LogP contribution in [0.2, 0.25) is 0 Å². The molecule has 0 aliphatic heterocycles. The predicted molar refractivity (Wildman–Crippen MR) is 78.2 cm³/mol. The molecule has 0 aliphatic rings. The van der Waals surface area contributed by atoms with E-state index in [1.165, 1.54) is 29.4 Å². The lowest BCUT2D eigenvalue weighted by molar-refractivity contribution is -0.137. The van der Waals surface area contributed by atoms with Gasteiger partial charge >= 0.3 is 6.18 Å². The molecule has 0 aromatic carbocycles. The molecule has 9 heteroatoms. The molecule has 5 nitrogen and oxygen atoms in total. The van der Waals surface area contributed by atoms with Crippen molar-refractivity contribution >= 4 is 11.2 Å². The third kappa shape index (κ3) is 2.77. The molecule has 0 atom stereocenters. The highest BCUT2D eigenvalue weighted by atomic mass is 19.4. The van der Waals surface area contributed by atoms with Crippen molar-refractivity contribution < 1.29 is 22.3 Å². The number of pyridine rings is 2. The first-order valence-corrected chi connectivity index (χ1v) is 6.94. The topological polar surface area (TPSA) is 52.8 Å². The maximum atomic E-state index is 13.5. The maximum Gasteiger partial charge on any atom is 0.418 e. The Morgan fingerprint density at radius 2 is 2.00 bits per heavy atom. The molecule has 0 spiro atoms. The van der Waals surface area contributed by atoms with Crippen molar-refractivity contribution in [2.45, 2.75) is 6.18 Å². The lowest BCUT2D eigenvalue weighted by Gasteiger charge is -2.16. The number of aryl methyl sites for hydroxylation is 1. The Labute approximate surface area is 133 Å². The molecule has 0 saturated carbocycles. The molecule has 3 aromatic rings. The van der Waals surface area contributed by atoms with E-state index in [1.807, 2.05) is 0 Å². The second-order valence-electron chi connectivity index (χ2n) is 4.98. The number of hydrogen-bond donors (Lipinski definition) is 0. The van der Waals surface area contributed by atoms with Crippen LogP contribution < -0.4 is 4.74 Å². The van der Waals surface area contributed by atoms with Crippen molar-refractivity contribution in [2.24, 2.45) is 7.05 Å². The van der Waals surface area contributed by atoms with Gasteiger partial charge < -0.3 is 9.30 Å². The summed E-state index contributed by atoms with van der Waals surface area (Å²) in [5.41, 5.74) is -0.582. The molecule has 126 valence electrons. The monoisotopic (exact) mass is 340 g/mol. The summed E-state index contributed by atoms with van der Waals surface area (Å²) in [5, 5.41) is 0. The zero-order valence-corrected chi connectivity index (χ0v) is 12.5.